The van der Waals surface area contributed by atoms with Crippen molar-refractivity contribution in [2.24, 2.45) is 0 Å². The molecular weight excluding hydrogens is 1440 g/mol. The first-order chi connectivity index (χ1) is 58.3. The zero-order chi connectivity index (χ0) is 77.8. The zero-order valence-electron chi connectivity index (χ0n) is 64.6. The number of benzene rings is 17. The van der Waals surface area contributed by atoms with Crippen LogP contribution in [0.3, 0.4) is 0 Å². The van der Waals surface area contributed by atoms with Crippen LogP contribution in [-0.2, 0) is 5.41 Å². The molecule has 0 N–H and O–H groups in total. The van der Waals surface area contributed by atoms with Gasteiger partial charge in [-0.1, -0.05) is 269 Å². The molecular formula is C109H71N9. The second-order valence-corrected chi connectivity index (χ2v) is 31.6. The van der Waals surface area contributed by atoms with E-state index < -0.39 is 0 Å². The average Bonchev–Trinajstić information content (AvgIpc) is 1.56. The van der Waals surface area contributed by atoms with Crippen LogP contribution >= 0.6 is 0 Å². The molecule has 0 amide bonds. The summed E-state index contributed by atoms with van der Waals surface area (Å²) in [4.78, 5) is 20.8. The summed E-state index contributed by atoms with van der Waals surface area (Å²) in [7, 11) is 0. The maximum atomic E-state index is 5.25. The van der Waals surface area contributed by atoms with Gasteiger partial charge in [-0.05, 0) is 162 Å². The van der Waals surface area contributed by atoms with E-state index in [1.165, 1.54) is 120 Å². The summed E-state index contributed by atoms with van der Waals surface area (Å²) in [5.41, 5.74) is 33.8. The summed E-state index contributed by atoms with van der Waals surface area (Å²) in [5, 5.41) is 12.2. The van der Waals surface area contributed by atoms with E-state index in [2.05, 4.69) is 370 Å². The van der Waals surface area contributed by atoms with Crippen LogP contribution in [0.5, 0.6) is 0 Å². The second kappa shape index (κ2) is 26.2. The molecule has 7 heterocycles. The Hall–Kier alpha value is -15.6. The van der Waals surface area contributed by atoms with Crippen molar-refractivity contribution in [1.82, 2.24) is 42.8 Å². The van der Waals surface area contributed by atoms with Crippen LogP contribution in [0, 0.1) is 0 Å². The van der Waals surface area contributed by atoms with Gasteiger partial charge in [0.25, 0.3) is 0 Å². The fourth-order valence-corrected chi connectivity index (χ4v) is 19.3. The van der Waals surface area contributed by atoms with Gasteiger partial charge in [0, 0.05) is 110 Å². The number of para-hydroxylation sites is 10. The largest absolute Gasteiger partial charge is 0.309 e. The summed E-state index contributed by atoms with van der Waals surface area (Å²) < 4.78 is 12.2. The van der Waals surface area contributed by atoms with Gasteiger partial charge in [-0.15, -0.1) is 0 Å². The minimum Gasteiger partial charge on any atom is -0.309 e. The fourth-order valence-electron chi connectivity index (χ4n) is 19.3. The number of aromatic nitrogens is 9. The van der Waals surface area contributed by atoms with Gasteiger partial charge >= 0.3 is 0 Å². The lowest BCUT2D eigenvalue weighted by molar-refractivity contribution is 0.660. The smallest absolute Gasteiger partial charge is 0.0973 e. The van der Waals surface area contributed by atoms with Crippen LogP contribution in [0.4, 0.5) is 0 Å². The lowest BCUT2D eigenvalue weighted by Gasteiger charge is -2.22. The van der Waals surface area contributed by atoms with Crippen LogP contribution in [0.1, 0.15) is 25.0 Å². The lowest BCUT2D eigenvalue weighted by Crippen LogP contribution is -2.15. The fraction of sp³-hybridized carbons (Fsp3) is 0.0275. The molecule has 0 saturated heterocycles. The molecule has 0 radical (unpaired) electrons. The van der Waals surface area contributed by atoms with E-state index >= 15 is 0 Å². The van der Waals surface area contributed by atoms with Crippen molar-refractivity contribution in [3.05, 3.63) is 405 Å². The van der Waals surface area contributed by atoms with Crippen molar-refractivity contribution in [2.75, 3.05) is 0 Å². The Kier molecular flexibility index (Phi) is 14.9. The first-order valence-corrected chi connectivity index (χ1v) is 40.4. The number of nitrogens with zero attached hydrogens (tertiary/aromatic N) is 9. The summed E-state index contributed by atoms with van der Waals surface area (Å²) in [6, 6.07) is 142. The van der Waals surface area contributed by atoms with E-state index in [9.17, 15) is 0 Å². The Morgan fingerprint density at radius 2 is 0.458 bits per heavy atom. The van der Waals surface area contributed by atoms with Crippen molar-refractivity contribution in [1.29, 1.82) is 0 Å². The Balaban J connectivity index is 0.000000135. The molecule has 552 valence electrons. The van der Waals surface area contributed by atoms with Gasteiger partial charge in [-0.3, -0.25) is 0 Å². The molecule has 24 aromatic rings. The number of fused-ring (bicyclic) bond motifs is 20. The van der Waals surface area contributed by atoms with Gasteiger partial charge < -0.3 is 22.8 Å². The number of hydrogen-bond acceptors (Lipinski definition) is 4. The predicted octanol–water partition coefficient (Wildman–Crippen LogP) is 27.7. The third kappa shape index (κ3) is 10.3. The predicted molar refractivity (Wildman–Crippen MR) is 490 cm³/mol. The molecule has 0 aliphatic heterocycles. The van der Waals surface area contributed by atoms with Gasteiger partial charge in [0.2, 0.25) is 0 Å². The molecule has 0 saturated carbocycles. The molecule has 1 aliphatic rings. The van der Waals surface area contributed by atoms with Crippen molar-refractivity contribution < 1.29 is 0 Å². The van der Waals surface area contributed by atoms with Crippen LogP contribution in [0.2, 0.25) is 0 Å². The average molecular weight is 1510 g/mol. The van der Waals surface area contributed by atoms with Crippen LogP contribution in [0.25, 0.3) is 216 Å². The normalized spacial score (nSPS) is 12.6. The molecule has 0 fully saturated rings. The minimum atomic E-state index is -0.0871. The molecule has 0 atom stereocenters. The van der Waals surface area contributed by atoms with Gasteiger partial charge in [0.05, 0.1) is 100 Å². The molecule has 9 heteroatoms. The first kappa shape index (κ1) is 67.0. The summed E-state index contributed by atoms with van der Waals surface area (Å²) in [5.74, 6) is 0. The van der Waals surface area contributed by atoms with Gasteiger partial charge in [0.15, 0.2) is 0 Å². The monoisotopic (exact) mass is 1510 g/mol. The van der Waals surface area contributed by atoms with E-state index in [1.807, 2.05) is 60.7 Å². The molecule has 1 aliphatic carbocycles. The van der Waals surface area contributed by atoms with Crippen LogP contribution < -0.4 is 0 Å². The van der Waals surface area contributed by atoms with Gasteiger partial charge in [0.1, 0.15) is 0 Å². The number of rotatable bonds is 9. The summed E-state index contributed by atoms with van der Waals surface area (Å²) >= 11 is 0. The lowest BCUT2D eigenvalue weighted by atomic mass is 9.82. The van der Waals surface area contributed by atoms with Crippen LogP contribution in [0.15, 0.2) is 394 Å². The molecule has 25 rings (SSSR count). The number of hydrogen-bond donors (Lipinski definition) is 0. The van der Waals surface area contributed by atoms with E-state index in [0.717, 1.165) is 106 Å². The SMILES string of the molecule is CC1(C)c2ccccc2-c2ccc(-n3c4ccccc4c4cc5c(cc43)c3ccccc3n5-c3cccc(-c4nc5ccccc5nc4-c4ccccc4)c3)cc21.c1ccc(-c2nc3ccccc3nc2-c2cccc(-n3c4ccccc4c4cc5c(cc43)c3ccccc3n5-c3ccc4c5ccccc5n(-c5ccccc5)c4c3)c2)cc1. The van der Waals surface area contributed by atoms with Crippen molar-refractivity contribution in [3.63, 3.8) is 0 Å². The summed E-state index contributed by atoms with van der Waals surface area (Å²) in [6.07, 6.45) is 0. The van der Waals surface area contributed by atoms with Crippen LogP contribution in [-0.4, -0.2) is 42.8 Å². The van der Waals surface area contributed by atoms with Crippen molar-refractivity contribution in [3.8, 4) is 84.6 Å². The second-order valence-electron chi connectivity index (χ2n) is 31.6. The van der Waals surface area contributed by atoms with Crippen molar-refractivity contribution >= 4 is 131 Å². The molecule has 17 aromatic carbocycles. The molecule has 7 aromatic heterocycles. The first-order valence-electron chi connectivity index (χ1n) is 40.4. The standard InChI is InChI=1S/C56H35N5.C53H36N4/c1-3-16-36(17-4-1)55-56(58-48-26-11-10-25-47(48)57-55)37-18-15-21-39(32-37)60-50-28-13-8-23-42(50)45-35-54-46(34-53(45)60)43-24-9-14-29-51(43)61(54)40-30-31-44-41-22-7-12-27-49(41)59(52(44)33-40)38-19-5-2-6-20-38;1-53(2)43-22-9-6-19-37(43)38-28-27-36(30-44(38)53)57-48-26-13-8-21-40(48)42-31-49-41(32-50(42)57)39-20-7-12-25-47(39)56(49)35-18-14-17-34(29-35)52-51(33-15-4-3-5-16-33)54-45-23-10-11-24-46(45)55-52/h1-35H;3-32H,1-2H3. The molecule has 9 nitrogen and oxygen atoms in total. The molecule has 0 unspecified atom stereocenters. The topological polar surface area (TPSA) is 76.2 Å². The highest BCUT2D eigenvalue weighted by molar-refractivity contribution is 6.21. The third-order valence-corrected chi connectivity index (χ3v) is 24.7. The Labute approximate surface area is 678 Å². The zero-order valence-corrected chi connectivity index (χ0v) is 64.6. The van der Waals surface area contributed by atoms with E-state index in [0.29, 0.717) is 0 Å². The molecule has 118 heavy (non-hydrogen) atoms. The van der Waals surface area contributed by atoms with Gasteiger partial charge in [-0.25, -0.2) is 19.9 Å². The Bertz CT molecular complexity index is 8280. The highest BCUT2D eigenvalue weighted by atomic mass is 15.0. The van der Waals surface area contributed by atoms with Gasteiger partial charge in [-0.2, -0.15) is 0 Å². The van der Waals surface area contributed by atoms with E-state index in [4.69, 9.17) is 19.9 Å². The Morgan fingerprint density at radius 3 is 0.881 bits per heavy atom. The van der Waals surface area contributed by atoms with E-state index in [-0.39, 0.29) is 5.41 Å². The highest BCUT2D eigenvalue weighted by Crippen LogP contribution is 2.51. The van der Waals surface area contributed by atoms with Crippen molar-refractivity contribution in [2.45, 2.75) is 19.3 Å². The molecule has 0 spiro atoms. The Morgan fingerprint density at radius 1 is 0.178 bits per heavy atom. The third-order valence-electron chi connectivity index (χ3n) is 24.7. The maximum absolute atomic E-state index is 5.25. The highest BCUT2D eigenvalue weighted by Gasteiger charge is 2.36. The minimum absolute atomic E-state index is 0.0871. The quantitative estimate of drug-likeness (QED) is 0.144. The summed E-state index contributed by atoms with van der Waals surface area (Å²) in [6.45, 7) is 4.71. The maximum Gasteiger partial charge on any atom is 0.0973 e. The van der Waals surface area contributed by atoms with E-state index in [1.54, 1.807) is 0 Å². The molecule has 0 bridgehead atoms.